The van der Waals surface area contributed by atoms with Gasteiger partial charge in [-0.25, -0.2) is 4.98 Å². The third-order valence-corrected chi connectivity index (χ3v) is 3.73. The summed E-state index contributed by atoms with van der Waals surface area (Å²) in [6.45, 7) is 4.05. The number of nitrogens with two attached hydrogens (primary N) is 1. The maximum atomic E-state index is 6.16. The molecule has 1 atom stereocenters. The van der Waals surface area contributed by atoms with Gasteiger partial charge in [0.2, 0.25) is 0 Å². The fraction of sp³-hybridized carbons (Fsp3) is 0.308. The number of nitrogens with one attached hydrogen (secondary N) is 1. The van der Waals surface area contributed by atoms with Gasteiger partial charge in [-0.2, -0.15) is 0 Å². The molecule has 4 heteroatoms. The van der Waals surface area contributed by atoms with Crippen LogP contribution in [-0.4, -0.2) is 9.97 Å². The number of H-pyrrole nitrogens is 1. The van der Waals surface area contributed by atoms with E-state index in [1.54, 1.807) is 0 Å². The molecule has 0 fully saturated rings. The molecule has 0 aliphatic carbocycles. The molecule has 1 heterocycles. The van der Waals surface area contributed by atoms with Crippen molar-refractivity contribution in [3.8, 4) is 11.3 Å². The van der Waals surface area contributed by atoms with Crippen LogP contribution < -0.4 is 5.73 Å². The first-order valence-electron chi connectivity index (χ1n) is 5.63. The molecule has 0 aliphatic rings. The fourth-order valence-corrected chi connectivity index (χ4v) is 1.91. The molecule has 1 aromatic heterocycles. The predicted octanol–water partition coefficient (Wildman–Crippen LogP) is 3.27. The second-order valence-electron chi connectivity index (χ2n) is 4.42. The number of rotatable bonds is 3. The van der Waals surface area contributed by atoms with Crippen LogP contribution in [0.25, 0.3) is 11.3 Å². The average Bonchev–Trinajstić information content (AvgIpc) is 2.80. The Kier molecular flexibility index (Phi) is 3.53. The highest BCUT2D eigenvalue weighted by Crippen LogP contribution is 2.23. The topological polar surface area (TPSA) is 54.7 Å². The zero-order chi connectivity index (χ0) is 12.5. The summed E-state index contributed by atoms with van der Waals surface area (Å²) >= 11 is 2.29. The minimum atomic E-state index is -0.387. The Hall–Kier alpha value is -0.880. The molecule has 0 amide bonds. The molecule has 3 N–H and O–H groups in total. The Morgan fingerprint density at radius 2 is 2.00 bits per heavy atom. The first-order chi connectivity index (χ1) is 8.03. The van der Waals surface area contributed by atoms with Gasteiger partial charge >= 0.3 is 0 Å². The molecule has 90 valence electrons. The molecule has 3 nitrogen and oxygen atoms in total. The summed E-state index contributed by atoms with van der Waals surface area (Å²) in [4.78, 5) is 7.68. The Labute approximate surface area is 115 Å². The number of aromatic nitrogens is 2. The summed E-state index contributed by atoms with van der Waals surface area (Å²) in [6, 6.07) is 8.33. The van der Waals surface area contributed by atoms with Gasteiger partial charge in [-0.3, -0.25) is 0 Å². The molecular weight excluding hydrogens is 325 g/mol. The number of imidazole rings is 1. The maximum Gasteiger partial charge on any atom is 0.126 e. The van der Waals surface area contributed by atoms with Gasteiger partial charge in [0.1, 0.15) is 5.82 Å². The van der Waals surface area contributed by atoms with E-state index in [2.05, 4.69) is 63.7 Å². The fourth-order valence-electron chi connectivity index (χ4n) is 1.56. The summed E-state index contributed by atoms with van der Waals surface area (Å²) in [5.41, 5.74) is 7.92. The lowest BCUT2D eigenvalue weighted by Gasteiger charge is -2.19. The molecule has 0 spiro atoms. The van der Waals surface area contributed by atoms with Crippen molar-refractivity contribution in [1.29, 1.82) is 0 Å². The smallest absolute Gasteiger partial charge is 0.126 e. The molecular formula is C13H16IN3. The Balaban J connectivity index is 2.33. The number of nitrogens with zero attached hydrogens (tertiary/aromatic N) is 1. The molecule has 2 aromatic rings. The van der Waals surface area contributed by atoms with Crippen LogP contribution in [0.2, 0.25) is 0 Å². The summed E-state index contributed by atoms with van der Waals surface area (Å²) in [6.07, 6.45) is 2.70. The monoisotopic (exact) mass is 341 g/mol. The minimum Gasteiger partial charge on any atom is -0.340 e. The average molecular weight is 341 g/mol. The molecule has 1 aromatic carbocycles. The Morgan fingerprint density at radius 1 is 1.35 bits per heavy atom. The van der Waals surface area contributed by atoms with Gasteiger partial charge in [-0.1, -0.05) is 19.1 Å². The predicted molar refractivity (Wildman–Crippen MR) is 78.6 cm³/mol. The van der Waals surface area contributed by atoms with Crippen LogP contribution in [0.5, 0.6) is 0 Å². The SMILES string of the molecule is CCC(C)(N)c1ncc(-c2ccc(I)cc2)[nH]1. The van der Waals surface area contributed by atoms with Gasteiger partial charge < -0.3 is 10.7 Å². The lowest BCUT2D eigenvalue weighted by molar-refractivity contribution is 0.450. The summed E-state index contributed by atoms with van der Waals surface area (Å²) in [7, 11) is 0. The molecule has 1 unspecified atom stereocenters. The van der Waals surface area contributed by atoms with Crippen LogP contribution in [-0.2, 0) is 5.54 Å². The van der Waals surface area contributed by atoms with Crippen molar-refractivity contribution in [1.82, 2.24) is 9.97 Å². The standard InChI is InChI=1S/C13H16IN3/c1-3-13(2,15)12-16-8-11(17-12)9-4-6-10(14)7-5-9/h4-8H,3,15H2,1-2H3,(H,16,17). The third-order valence-electron chi connectivity index (χ3n) is 3.01. The molecule has 0 bridgehead atoms. The number of aromatic amines is 1. The number of hydrogen-bond acceptors (Lipinski definition) is 2. The molecule has 0 aliphatic heterocycles. The zero-order valence-electron chi connectivity index (χ0n) is 10.00. The van der Waals surface area contributed by atoms with E-state index >= 15 is 0 Å². The number of hydrogen-bond donors (Lipinski definition) is 2. The van der Waals surface area contributed by atoms with Crippen molar-refractivity contribution in [2.45, 2.75) is 25.8 Å². The molecule has 0 saturated heterocycles. The van der Waals surface area contributed by atoms with Crippen molar-refractivity contribution < 1.29 is 0 Å². The lowest BCUT2D eigenvalue weighted by atomic mass is 10.00. The van der Waals surface area contributed by atoms with Crippen molar-refractivity contribution >= 4 is 22.6 Å². The van der Waals surface area contributed by atoms with Gasteiger partial charge in [0.25, 0.3) is 0 Å². The van der Waals surface area contributed by atoms with Crippen molar-refractivity contribution in [3.05, 3.63) is 39.9 Å². The van der Waals surface area contributed by atoms with E-state index in [0.717, 1.165) is 23.5 Å². The second-order valence-corrected chi connectivity index (χ2v) is 5.67. The van der Waals surface area contributed by atoms with E-state index < -0.39 is 0 Å². The van der Waals surface area contributed by atoms with Gasteiger partial charge in [0, 0.05) is 3.57 Å². The molecule has 2 rings (SSSR count). The van der Waals surface area contributed by atoms with Gasteiger partial charge in [-0.05, 0) is 53.6 Å². The van der Waals surface area contributed by atoms with E-state index in [1.165, 1.54) is 3.57 Å². The van der Waals surface area contributed by atoms with E-state index in [1.807, 2.05) is 13.1 Å². The lowest BCUT2D eigenvalue weighted by Crippen LogP contribution is -2.33. The van der Waals surface area contributed by atoms with Crippen LogP contribution >= 0.6 is 22.6 Å². The summed E-state index contributed by atoms with van der Waals surface area (Å²) in [5, 5.41) is 0. The van der Waals surface area contributed by atoms with Crippen molar-refractivity contribution in [2.24, 2.45) is 5.73 Å². The van der Waals surface area contributed by atoms with Gasteiger partial charge in [0.05, 0.1) is 17.4 Å². The van der Waals surface area contributed by atoms with Gasteiger partial charge in [-0.15, -0.1) is 0 Å². The van der Waals surface area contributed by atoms with E-state index in [9.17, 15) is 0 Å². The highest BCUT2D eigenvalue weighted by atomic mass is 127. The molecule has 0 radical (unpaired) electrons. The van der Waals surface area contributed by atoms with Crippen LogP contribution in [0.1, 0.15) is 26.1 Å². The summed E-state index contributed by atoms with van der Waals surface area (Å²) < 4.78 is 1.23. The van der Waals surface area contributed by atoms with Crippen molar-refractivity contribution in [2.75, 3.05) is 0 Å². The quantitative estimate of drug-likeness (QED) is 0.842. The van der Waals surface area contributed by atoms with E-state index in [4.69, 9.17) is 5.73 Å². The normalized spacial score (nSPS) is 14.6. The molecule has 17 heavy (non-hydrogen) atoms. The number of halogens is 1. The zero-order valence-corrected chi connectivity index (χ0v) is 12.2. The number of benzene rings is 1. The first kappa shape index (κ1) is 12.6. The van der Waals surface area contributed by atoms with Crippen molar-refractivity contribution in [3.63, 3.8) is 0 Å². The Morgan fingerprint density at radius 3 is 2.59 bits per heavy atom. The summed E-state index contributed by atoms with van der Waals surface area (Å²) in [5.74, 6) is 0.841. The van der Waals surface area contributed by atoms with E-state index in [0.29, 0.717) is 0 Å². The largest absolute Gasteiger partial charge is 0.340 e. The third kappa shape index (κ3) is 2.69. The van der Waals surface area contributed by atoms with Crippen LogP contribution in [0.3, 0.4) is 0 Å². The van der Waals surface area contributed by atoms with Crippen LogP contribution in [0, 0.1) is 3.57 Å². The highest BCUT2D eigenvalue weighted by Gasteiger charge is 2.22. The first-order valence-corrected chi connectivity index (χ1v) is 6.71. The highest BCUT2D eigenvalue weighted by molar-refractivity contribution is 14.1. The maximum absolute atomic E-state index is 6.16. The van der Waals surface area contributed by atoms with E-state index in [-0.39, 0.29) is 5.54 Å². The minimum absolute atomic E-state index is 0.387. The second kappa shape index (κ2) is 4.78. The molecule has 0 saturated carbocycles. The van der Waals surface area contributed by atoms with Crippen LogP contribution in [0.15, 0.2) is 30.5 Å². The van der Waals surface area contributed by atoms with Gasteiger partial charge in [0.15, 0.2) is 0 Å². The Bertz CT molecular complexity index is 500. The van der Waals surface area contributed by atoms with Crippen LogP contribution in [0.4, 0.5) is 0 Å².